The SMILES string of the molecule is Cc1c(C(=O)N2CCN(CC(=O)Nc3ccccc3)CC2)oc2ccccc12. The van der Waals surface area contributed by atoms with Gasteiger partial charge in [-0.3, -0.25) is 14.5 Å². The van der Waals surface area contributed by atoms with Crippen LogP contribution in [0, 0.1) is 6.92 Å². The van der Waals surface area contributed by atoms with Gasteiger partial charge in [0.2, 0.25) is 5.91 Å². The highest BCUT2D eigenvalue weighted by molar-refractivity contribution is 5.99. The van der Waals surface area contributed by atoms with Gasteiger partial charge in [-0.05, 0) is 25.1 Å². The van der Waals surface area contributed by atoms with Crippen LogP contribution in [0.3, 0.4) is 0 Å². The Morgan fingerprint density at radius 3 is 2.36 bits per heavy atom. The van der Waals surface area contributed by atoms with Gasteiger partial charge in [-0.2, -0.15) is 0 Å². The molecule has 6 heteroatoms. The van der Waals surface area contributed by atoms with Gasteiger partial charge in [-0.15, -0.1) is 0 Å². The second kappa shape index (κ2) is 7.86. The number of piperazine rings is 1. The second-order valence-corrected chi connectivity index (χ2v) is 7.03. The predicted octanol–water partition coefficient (Wildman–Crippen LogP) is 3.14. The Morgan fingerprint density at radius 1 is 0.964 bits per heavy atom. The maximum Gasteiger partial charge on any atom is 0.289 e. The van der Waals surface area contributed by atoms with Crippen LogP contribution >= 0.6 is 0 Å². The molecule has 144 valence electrons. The maximum absolute atomic E-state index is 12.9. The van der Waals surface area contributed by atoms with Crippen molar-refractivity contribution in [2.45, 2.75) is 6.92 Å². The number of furan rings is 1. The van der Waals surface area contributed by atoms with Crippen LogP contribution in [0.2, 0.25) is 0 Å². The Balaban J connectivity index is 1.34. The van der Waals surface area contributed by atoms with Gasteiger partial charge in [0, 0.05) is 42.8 Å². The molecule has 1 aromatic heterocycles. The van der Waals surface area contributed by atoms with Crippen LogP contribution in [0.4, 0.5) is 5.69 Å². The van der Waals surface area contributed by atoms with Crippen LogP contribution in [-0.4, -0.2) is 54.3 Å². The molecule has 0 atom stereocenters. The first-order valence-corrected chi connectivity index (χ1v) is 9.46. The largest absolute Gasteiger partial charge is 0.451 e. The van der Waals surface area contributed by atoms with E-state index in [1.165, 1.54) is 0 Å². The first-order chi connectivity index (χ1) is 13.6. The lowest BCUT2D eigenvalue weighted by molar-refractivity contribution is -0.117. The Bertz CT molecular complexity index is 989. The Hall–Kier alpha value is -3.12. The molecule has 1 fully saturated rings. The molecule has 6 nitrogen and oxygen atoms in total. The molecule has 0 unspecified atom stereocenters. The van der Waals surface area contributed by atoms with Gasteiger partial charge in [0.15, 0.2) is 5.76 Å². The van der Waals surface area contributed by atoms with Crippen LogP contribution in [-0.2, 0) is 4.79 Å². The van der Waals surface area contributed by atoms with Crippen LogP contribution in [0.5, 0.6) is 0 Å². The highest BCUT2D eigenvalue weighted by atomic mass is 16.3. The standard InChI is InChI=1S/C22H23N3O3/c1-16-18-9-5-6-10-19(18)28-21(16)22(27)25-13-11-24(12-14-25)15-20(26)23-17-7-3-2-4-8-17/h2-10H,11-15H2,1H3,(H,23,26). The number of amides is 2. The minimum absolute atomic E-state index is 0.0425. The van der Waals surface area contributed by atoms with Gasteiger partial charge in [-0.25, -0.2) is 0 Å². The van der Waals surface area contributed by atoms with Crippen LogP contribution in [0.25, 0.3) is 11.0 Å². The van der Waals surface area contributed by atoms with E-state index in [-0.39, 0.29) is 11.8 Å². The fourth-order valence-corrected chi connectivity index (χ4v) is 3.56. The summed E-state index contributed by atoms with van der Waals surface area (Å²) < 4.78 is 5.80. The van der Waals surface area contributed by atoms with Crippen molar-refractivity contribution in [1.29, 1.82) is 0 Å². The fourth-order valence-electron chi connectivity index (χ4n) is 3.56. The number of aryl methyl sites for hydroxylation is 1. The molecule has 0 aliphatic carbocycles. The van der Waals surface area contributed by atoms with Crippen molar-refractivity contribution in [3.63, 3.8) is 0 Å². The van der Waals surface area contributed by atoms with Crippen LogP contribution in [0.15, 0.2) is 59.0 Å². The summed E-state index contributed by atoms with van der Waals surface area (Å²) in [6, 6.07) is 17.1. The van der Waals surface area contributed by atoms with E-state index < -0.39 is 0 Å². The predicted molar refractivity (Wildman–Crippen MR) is 108 cm³/mol. The molecule has 1 aliphatic heterocycles. The van der Waals surface area contributed by atoms with Crippen LogP contribution in [0.1, 0.15) is 16.1 Å². The monoisotopic (exact) mass is 377 g/mol. The summed E-state index contributed by atoms with van der Waals surface area (Å²) in [4.78, 5) is 29.0. The zero-order chi connectivity index (χ0) is 19.5. The molecule has 2 amide bonds. The molecular formula is C22H23N3O3. The summed E-state index contributed by atoms with van der Waals surface area (Å²) in [6.07, 6.45) is 0. The van der Waals surface area contributed by atoms with E-state index >= 15 is 0 Å². The number of hydrogen-bond donors (Lipinski definition) is 1. The molecule has 0 bridgehead atoms. The summed E-state index contributed by atoms with van der Waals surface area (Å²) in [5, 5.41) is 3.87. The highest BCUT2D eigenvalue weighted by Gasteiger charge is 2.27. The minimum atomic E-state index is -0.0814. The lowest BCUT2D eigenvalue weighted by atomic mass is 10.1. The van der Waals surface area contributed by atoms with E-state index in [1.807, 2.05) is 61.5 Å². The van der Waals surface area contributed by atoms with Crippen molar-refractivity contribution in [3.05, 3.63) is 65.9 Å². The average molecular weight is 377 g/mol. The topological polar surface area (TPSA) is 65.8 Å². The normalized spacial score (nSPS) is 15.0. The van der Waals surface area contributed by atoms with Crippen molar-refractivity contribution in [3.8, 4) is 0 Å². The molecule has 2 aromatic carbocycles. The lowest BCUT2D eigenvalue weighted by Crippen LogP contribution is -2.50. The van der Waals surface area contributed by atoms with E-state index in [0.29, 0.717) is 38.5 Å². The Labute approximate surface area is 163 Å². The fraction of sp³-hybridized carbons (Fsp3) is 0.273. The smallest absolute Gasteiger partial charge is 0.289 e. The van der Waals surface area contributed by atoms with E-state index in [1.54, 1.807) is 4.90 Å². The molecule has 0 spiro atoms. The maximum atomic E-state index is 12.9. The summed E-state index contributed by atoms with van der Waals surface area (Å²) >= 11 is 0. The van der Waals surface area contributed by atoms with Crippen molar-refractivity contribution in [1.82, 2.24) is 9.80 Å². The number of para-hydroxylation sites is 2. The van der Waals surface area contributed by atoms with Gasteiger partial charge in [0.05, 0.1) is 6.54 Å². The third kappa shape index (κ3) is 3.77. The van der Waals surface area contributed by atoms with Crippen molar-refractivity contribution in [2.24, 2.45) is 0 Å². The summed E-state index contributed by atoms with van der Waals surface area (Å²) in [5.41, 5.74) is 2.41. The number of fused-ring (bicyclic) bond motifs is 1. The van der Waals surface area contributed by atoms with Crippen molar-refractivity contribution >= 4 is 28.5 Å². The molecule has 1 aliphatic rings. The molecule has 0 saturated carbocycles. The zero-order valence-electron chi connectivity index (χ0n) is 15.9. The lowest BCUT2D eigenvalue weighted by Gasteiger charge is -2.33. The molecule has 28 heavy (non-hydrogen) atoms. The molecule has 1 N–H and O–H groups in total. The summed E-state index contributed by atoms with van der Waals surface area (Å²) in [5.74, 6) is 0.290. The van der Waals surface area contributed by atoms with Crippen LogP contribution < -0.4 is 5.32 Å². The number of benzene rings is 2. The third-order valence-electron chi connectivity index (χ3n) is 5.12. The Morgan fingerprint density at radius 2 is 1.64 bits per heavy atom. The zero-order valence-corrected chi connectivity index (χ0v) is 15.9. The number of carbonyl (C=O) groups is 2. The third-order valence-corrected chi connectivity index (χ3v) is 5.12. The van der Waals surface area contributed by atoms with E-state index in [2.05, 4.69) is 10.2 Å². The van der Waals surface area contributed by atoms with Gasteiger partial charge < -0.3 is 14.6 Å². The van der Waals surface area contributed by atoms with E-state index in [4.69, 9.17) is 4.42 Å². The highest BCUT2D eigenvalue weighted by Crippen LogP contribution is 2.26. The second-order valence-electron chi connectivity index (χ2n) is 7.03. The number of hydrogen-bond acceptors (Lipinski definition) is 4. The molecule has 3 aromatic rings. The van der Waals surface area contributed by atoms with E-state index in [9.17, 15) is 9.59 Å². The molecular weight excluding hydrogens is 354 g/mol. The molecule has 0 radical (unpaired) electrons. The number of rotatable bonds is 4. The molecule has 2 heterocycles. The summed E-state index contributed by atoms with van der Waals surface area (Å²) in [6.45, 7) is 4.71. The van der Waals surface area contributed by atoms with Gasteiger partial charge >= 0.3 is 0 Å². The quantitative estimate of drug-likeness (QED) is 0.759. The molecule has 4 rings (SSSR count). The van der Waals surface area contributed by atoms with Gasteiger partial charge in [-0.1, -0.05) is 36.4 Å². The first kappa shape index (κ1) is 18.3. The number of anilines is 1. The van der Waals surface area contributed by atoms with E-state index in [0.717, 1.165) is 22.2 Å². The van der Waals surface area contributed by atoms with Crippen molar-refractivity contribution in [2.75, 3.05) is 38.0 Å². The summed E-state index contributed by atoms with van der Waals surface area (Å²) in [7, 11) is 0. The van der Waals surface area contributed by atoms with Gasteiger partial charge in [0.25, 0.3) is 5.91 Å². The number of nitrogens with zero attached hydrogens (tertiary/aromatic N) is 2. The van der Waals surface area contributed by atoms with Crippen molar-refractivity contribution < 1.29 is 14.0 Å². The average Bonchev–Trinajstić information content (AvgIpc) is 3.05. The minimum Gasteiger partial charge on any atom is -0.451 e. The number of nitrogens with one attached hydrogen (secondary N) is 1. The number of carbonyl (C=O) groups excluding carboxylic acids is 2. The first-order valence-electron chi connectivity index (χ1n) is 9.46. The Kier molecular flexibility index (Phi) is 5.12. The van der Waals surface area contributed by atoms with Gasteiger partial charge in [0.1, 0.15) is 5.58 Å². The molecule has 1 saturated heterocycles.